The molecule has 0 bridgehead atoms. The van der Waals surface area contributed by atoms with Gasteiger partial charge in [-0.1, -0.05) is 25.8 Å². The van der Waals surface area contributed by atoms with Gasteiger partial charge in [0.1, 0.15) is 0 Å². The number of nitrogens with two attached hydrogens (primary N) is 1. The molecule has 19 heavy (non-hydrogen) atoms. The fourth-order valence-corrected chi connectivity index (χ4v) is 1.94. The van der Waals surface area contributed by atoms with E-state index in [1.807, 2.05) is 13.0 Å². The molecular formula is C16H27NO2. The van der Waals surface area contributed by atoms with Crippen molar-refractivity contribution in [3.8, 4) is 11.5 Å². The highest BCUT2D eigenvalue weighted by molar-refractivity contribution is 5.43. The van der Waals surface area contributed by atoms with Crippen LogP contribution in [0.1, 0.15) is 45.1 Å². The van der Waals surface area contributed by atoms with Crippen LogP contribution in [0.3, 0.4) is 0 Å². The average molecular weight is 265 g/mol. The van der Waals surface area contributed by atoms with Gasteiger partial charge in [-0.15, -0.1) is 0 Å². The molecule has 0 heterocycles. The first-order valence-corrected chi connectivity index (χ1v) is 7.40. The van der Waals surface area contributed by atoms with E-state index in [1.54, 1.807) is 0 Å². The van der Waals surface area contributed by atoms with Gasteiger partial charge in [0.2, 0.25) is 0 Å². The molecule has 0 unspecified atom stereocenters. The quantitative estimate of drug-likeness (QED) is 0.658. The lowest BCUT2D eigenvalue weighted by Crippen LogP contribution is -2.03. The monoisotopic (exact) mass is 265 g/mol. The number of aryl methyl sites for hydroxylation is 1. The Labute approximate surface area is 117 Å². The summed E-state index contributed by atoms with van der Waals surface area (Å²) in [4.78, 5) is 0. The van der Waals surface area contributed by atoms with Crippen LogP contribution in [-0.4, -0.2) is 19.8 Å². The fraction of sp³-hybridized carbons (Fsp3) is 0.625. The number of benzene rings is 1. The van der Waals surface area contributed by atoms with Gasteiger partial charge in [0.15, 0.2) is 11.5 Å². The van der Waals surface area contributed by atoms with E-state index in [1.165, 1.54) is 18.4 Å². The maximum Gasteiger partial charge on any atom is 0.161 e. The number of rotatable bonds is 10. The summed E-state index contributed by atoms with van der Waals surface area (Å²) in [6.45, 7) is 6.33. The fourth-order valence-electron chi connectivity index (χ4n) is 1.94. The molecule has 1 rings (SSSR count). The van der Waals surface area contributed by atoms with Crippen LogP contribution in [0.4, 0.5) is 0 Å². The van der Waals surface area contributed by atoms with Crippen LogP contribution in [-0.2, 0) is 6.42 Å². The van der Waals surface area contributed by atoms with Gasteiger partial charge in [-0.05, 0) is 50.4 Å². The van der Waals surface area contributed by atoms with E-state index in [0.29, 0.717) is 6.61 Å². The molecule has 3 nitrogen and oxygen atoms in total. The molecule has 0 fully saturated rings. The number of unbranched alkanes of at least 4 members (excludes halogenated alkanes) is 2. The maximum atomic E-state index is 5.80. The molecule has 1 aromatic carbocycles. The molecule has 0 aliphatic heterocycles. The van der Waals surface area contributed by atoms with Crippen molar-refractivity contribution >= 4 is 0 Å². The molecule has 0 aliphatic rings. The standard InChI is InChI=1S/C16H27NO2/c1-3-5-6-12-19-15-10-9-14(8-7-11-17)13-16(15)18-4-2/h9-10,13H,3-8,11-12,17H2,1-2H3. The molecule has 3 heteroatoms. The second kappa shape index (κ2) is 9.68. The third-order valence-electron chi connectivity index (χ3n) is 2.98. The second-order valence-corrected chi connectivity index (χ2v) is 4.66. The van der Waals surface area contributed by atoms with Crippen molar-refractivity contribution in [1.82, 2.24) is 0 Å². The third-order valence-corrected chi connectivity index (χ3v) is 2.98. The second-order valence-electron chi connectivity index (χ2n) is 4.66. The average Bonchev–Trinajstić information content (AvgIpc) is 2.43. The van der Waals surface area contributed by atoms with Gasteiger partial charge >= 0.3 is 0 Å². The topological polar surface area (TPSA) is 44.5 Å². The lowest BCUT2D eigenvalue weighted by molar-refractivity contribution is 0.271. The molecule has 0 aliphatic carbocycles. The molecule has 108 valence electrons. The summed E-state index contributed by atoms with van der Waals surface area (Å²) in [5.41, 5.74) is 6.80. The van der Waals surface area contributed by atoms with Gasteiger partial charge in [0.25, 0.3) is 0 Å². The van der Waals surface area contributed by atoms with E-state index in [2.05, 4.69) is 19.1 Å². The van der Waals surface area contributed by atoms with Gasteiger partial charge in [0.05, 0.1) is 13.2 Å². The molecule has 0 amide bonds. The molecular weight excluding hydrogens is 238 g/mol. The van der Waals surface area contributed by atoms with Crippen molar-refractivity contribution in [3.63, 3.8) is 0 Å². The Balaban J connectivity index is 2.62. The van der Waals surface area contributed by atoms with Crippen LogP contribution in [0.25, 0.3) is 0 Å². The Morgan fingerprint density at radius 1 is 1.00 bits per heavy atom. The maximum absolute atomic E-state index is 5.80. The largest absolute Gasteiger partial charge is 0.490 e. The van der Waals surface area contributed by atoms with E-state index in [-0.39, 0.29) is 0 Å². The summed E-state index contributed by atoms with van der Waals surface area (Å²) in [6.07, 6.45) is 5.50. The number of hydrogen-bond acceptors (Lipinski definition) is 3. The van der Waals surface area contributed by atoms with Crippen molar-refractivity contribution in [2.45, 2.75) is 46.0 Å². The summed E-state index contributed by atoms with van der Waals surface area (Å²) in [6, 6.07) is 6.20. The SMILES string of the molecule is CCCCCOc1ccc(CCCN)cc1OCC. The van der Waals surface area contributed by atoms with Gasteiger partial charge < -0.3 is 15.2 Å². The van der Waals surface area contributed by atoms with Crippen LogP contribution in [0.2, 0.25) is 0 Å². The molecule has 0 aromatic heterocycles. The third kappa shape index (κ3) is 5.97. The molecule has 0 saturated heterocycles. The van der Waals surface area contributed by atoms with Gasteiger partial charge in [0, 0.05) is 0 Å². The minimum atomic E-state index is 0.658. The highest BCUT2D eigenvalue weighted by atomic mass is 16.5. The Morgan fingerprint density at radius 3 is 2.53 bits per heavy atom. The Morgan fingerprint density at radius 2 is 1.84 bits per heavy atom. The zero-order valence-electron chi connectivity index (χ0n) is 12.3. The highest BCUT2D eigenvalue weighted by Gasteiger charge is 2.06. The van der Waals surface area contributed by atoms with Crippen LogP contribution < -0.4 is 15.2 Å². The molecule has 0 atom stereocenters. The molecule has 0 saturated carbocycles. The predicted molar refractivity (Wildman–Crippen MR) is 80.0 cm³/mol. The van der Waals surface area contributed by atoms with Gasteiger partial charge in [-0.3, -0.25) is 0 Å². The Kier molecular flexibility index (Phi) is 8.07. The van der Waals surface area contributed by atoms with Crippen molar-refractivity contribution < 1.29 is 9.47 Å². The zero-order chi connectivity index (χ0) is 13.9. The molecule has 0 spiro atoms. The summed E-state index contributed by atoms with van der Waals surface area (Å²) in [7, 11) is 0. The first-order valence-electron chi connectivity index (χ1n) is 7.40. The van der Waals surface area contributed by atoms with Crippen molar-refractivity contribution in [1.29, 1.82) is 0 Å². The predicted octanol–water partition coefficient (Wildman–Crippen LogP) is 3.55. The first kappa shape index (κ1) is 15.8. The van der Waals surface area contributed by atoms with Crippen LogP contribution >= 0.6 is 0 Å². The summed E-state index contributed by atoms with van der Waals surface area (Å²) in [5, 5.41) is 0. The molecule has 0 radical (unpaired) electrons. The van der Waals surface area contributed by atoms with Gasteiger partial charge in [-0.2, -0.15) is 0 Å². The summed E-state index contributed by atoms with van der Waals surface area (Å²) in [5.74, 6) is 1.71. The minimum Gasteiger partial charge on any atom is -0.490 e. The molecule has 2 N–H and O–H groups in total. The van der Waals surface area contributed by atoms with E-state index < -0.39 is 0 Å². The first-order chi connectivity index (χ1) is 9.31. The van der Waals surface area contributed by atoms with Crippen molar-refractivity contribution in [2.24, 2.45) is 5.73 Å². The summed E-state index contributed by atoms with van der Waals surface area (Å²) < 4.78 is 11.5. The zero-order valence-corrected chi connectivity index (χ0v) is 12.3. The van der Waals surface area contributed by atoms with E-state index >= 15 is 0 Å². The van der Waals surface area contributed by atoms with E-state index in [9.17, 15) is 0 Å². The minimum absolute atomic E-state index is 0.658. The lowest BCUT2D eigenvalue weighted by Gasteiger charge is -2.13. The molecule has 1 aromatic rings. The van der Waals surface area contributed by atoms with E-state index in [0.717, 1.165) is 43.9 Å². The lowest BCUT2D eigenvalue weighted by atomic mass is 10.1. The summed E-state index contributed by atoms with van der Waals surface area (Å²) >= 11 is 0. The number of ether oxygens (including phenoxy) is 2. The van der Waals surface area contributed by atoms with Gasteiger partial charge in [-0.25, -0.2) is 0 Å². The number of hydrogen-bond donors (Lipinski definition) is 1. The van der Waals surface area contributed by atoms with E-state index in [4.69, 9.17) is 15.2 Å². The van der Waals surface area contributed by atoms with Crippen molar-refractivity contribution in [2.75, 3.05) is 19.8 Å². The normalized spacial score (nSPS) is 10.5. The Hall–Kier alpha value is -1.22. The van der Waals surface area contributed by atoms with Crippen LogP contribution in [0, 0.1) is 0 Å². The van der Waals surface area contributed by atoms with Crippen molar-refractivity contribution in [3.05, 3.63) is 23.8 Å². The Bertz CT molecular complexity index is 353. The highest BCUT2D eigenvalue weighted by Crippen LogP contribution is 2.29. The smallest absolute Gasteiger partial charge is 0.161 e. The van der Waals surface area contributed by atoms with Crippen LogP contribution in [0.15, 0.2) is 18.2 Å². The van der Waals surface area contributed by atoms with Crippen LogP contribution in [0.5, 0.6) is 11.5 Å².